The summed E-state index contributed by atoms with van der Waals surface area (Å²) in [6.07, 6.45) is 0.0260. The summed E-state index contributed by atoms with van der Waals surface area (Å²) in [6, 6.07) is 0. The lowest BCUT2D eigenvalue weighted by Crippen LogP contribution is -2.40. The van der Waals surface area contributed by atoms with Crippen molar-refractivity contribution in [1.82, 2.24) is 0 Å². The Morgan fingerprint density at radius 2 is 2.42 bits per heavy atom. The molecule has 2 rings (SSSR count). The second kappa shape index (κ2) is 2.31. The van der Waals surface area contributed by atoms with E-state index in [0.717, 1.165) is 5.57 Å². The summed E-state index contributed by atoms with van der Waals surface area (Å²) in [5, 5.41) is 18.9. The summed E-state index contributed by atoms with van der Waals surface area (Å²) in [6.45, 7) is 5.67. The fourth-order valence-electron chi connectivity index (χ4n) is 2.49. The summed E-state index contributed by atoms with van der Waals surface area (Å²) >= 11 is 0. The zero-order valence-corrected chi connectivity index (χ0v) is 7.16. The molecule has 3 heteroatoms. The van der Waals surface area contributed by atoms with Gasteiger partial charge in [-0.25, -0.2) is 0 Å². The quantitative estimate of drug-likeness (QED) is 0.548. The van der Waals surface area contributed by atoms with Crippen LogP contribution in [0.15, 0.2) is 12.2 Å². The third-order valence-electron chi connectivity index (χ3n) is 3.07. The van der Waals surface area contributed by atoms with Gasteiger partial charge in [0.1, 0.15) is 5.60 Å². The van der Waals surface area contributed by atoms with Gasteiger partial charge in [-0.3, -0.25) is 0 Å². The van der Waals surface area contributed by atoms with Crippen LogP contribution >= 0.6 is 0 Å². The van der Waals surface area contributed by atoms with E-state index in [-0.39, 0.29) is 18.6 Å². The van der Waals surface area contributed by atoms with Crippen LogP contribution in [0.25, 0.3) is 0 Å². The van der Waals surface area contributed by atoms with Gasteiger partial charge >= 0.3 is 0 Å². The highest BCUT2D eigenvalue weighted by atomic mass is 16.5. The summed E-state index contributed by atoms with van der Waals surface area (Å²) in [5.74, 6) is 0.0251. The van der Waals surface area contributed by atoms with Crippen molar-refractivity contribution in [1.29, 1.82) is 0 Å². The van der Waals surface area contributed by atoms with Crippen LogP contribution in [0.1, 0.15) is 13.3 Å². The molecule has 2 aliphatic rings. The van der Waals surface area contributed by atoms with Crippen molar-refractivity contribution in [2.24, 2.45) is 5.92 Å². The van der Waals surface area contributed by atoms with Gasteiger partial charge in [-0.05, 0) is 6.92 Å². The standard InChI is InChI=1S/C9H14O3/c1-5-3-9(4-10)8(11)7(5)6(2)12-9/h6-8,10-11H,1,3-4H2,2H3/t6-,7+,8?,9+/m0/s1. The summed E-state index contributed by atoms with van der Waals surface area (Å²) in [4.78, 5) is 0. The zero-order chi connectivity index (χ0) is 8.93. The van der Waals surface area contributed by atoms with E-state index in [9.17, 15) is 5.11 Å². The Morgan fingerprint density at radius 1 is 1.75 bits per heavy atom. The molecular weight excluding hydrogens is 156 g/mol. The van der Waals surface area contributed by atoms with E-state index in [2.05, 4.69) is 6.58 Å². The Balaban J connectivity index is 2.34. The first-order chi connectivity index (χ1) is 5.60. The molecule has 1 saturated carbocycles. The van der Waals surface area contributed by atoms with E-state index in [1.54, 1.807) is 0 Å². The molecule has 0 aromatic rings. The molecule has 1 heterocycles. The molecule has 0 aromatic heterocycles. The number of aliphatic hydroxyl groups is 2. The maximum Gasteiger partial charge on any atom is 0.122 e. The minimum atomic E-state index is -0.735. The summed E-state index contributed by atoms with van der Waals surface area (Å²) in [7, 11) is 0. The van der Waals surface area contributed by atoms with Crippen molar-refractivity contribution in [2.75, 3.05) is 6.61 Å². The van der Waals surface area contributed by atoms with Gasteiger partial charge in [0.15, 0.2) is 0 Å². The highest BCUT2D eigenvalue weighted by molar-refractivity contribution is 5.25. The molecule has 68 valence electrons. The Hall–Kier alpha value is -0.380. The van der Waals surface area contributed by atoms with Gasteiger partial charge in [0.05, 0.1) is 18.8 Å². The van der Waals surface area contributed by atoms with Crippen molar-refractivity contribution in [2.45, 2.75) is 31.2 Å². The molecule has 2 fully saturated rings. The second-order valence-corrected chi connectivity index (χ2v) is 3.85. The van der Waals surface area contributed by atoms with E-state index < -0.39 is 11.7 Å². The molecule has 0 aromatic carbocycles. The summed E-state index contributed by atoms with van der Waals surface area (Å²) < 4.78 is 5.52. The molecule has 3 nitrogen and oxygen atoms in total. The third-order valence-corrected chi connectivity index (χ3v) is 3.07. The fraction of sp³-hybridized carbons (Fsp3) is 0.778. The molecule has 0 amide bonds. The normalized spacial score (nSPS) is 51.9. The number of aliphatic hydroxyl groups excluding tert-OH is 2. The Morgan fingerprint density at radius 3 is 2.75 bits per heavy atom. The number of rotatable bonds is 1. The number of ether oxygens (including phenoxy) is 1. The lowest BCUT2D eigenvalue weighted by Gasteiger charge is -2.28. The highest BCUT2D eigenvalue weighted by Gasteiger charge is 2.59. The Bertz CT molecular complexity index is 226. The van der Waals surface area contributed by atoms with Crippen LogP contribution in [0.4, 0.5) is 0 Å². The van der Waals surface area contributed by atoms with E-state index in [4.69, 9.17) is 9.84 Å². The van der Waals surface area contributed by atoms with Crippen LogP contribution < -0.4 is 0 Å². The lowest BCUT2D eigenvalue weighted by atomic mass is 9.97. The van der Waals surface area contributed by atoms with E-state index in [0.29, 0.717) is 6.42 Å². The molecule has 0 radical (unpaired) electrons. The van der Waals surface area contributed by atoms with Crippen LogP contribution in [0.3, 0.4) is 0 Å². The van der Waals surface area contributed by atoms with Gasteiger partial charge in [0, 0.05) is 12.3 Å². The molecule has 0 spiro atoms. The first-order valence-electron chi connectivity index (χ1n) is 4.25. The number of hydrogen-bond acceptors (Lipinski definition) is 3. The molecule has 2 bridgehead atoms. The van der Waals surface area contributed by atoms with Crippen LogP contribution in [0.2, 0.25) is 0 Å². The van der Waals surface area contributed by atoms with Crippen LogP contribution in [0, 0.1) is 5.92 Å². The average Bonchev–Trinajstić information content (AvgIpc) is 2.37. The first kappa shape index (κ1) is 8.23. The van der Waals surface area contributed by atoms with Crippen LogP contribution in [-0.2, 0) is 4.74 Å². The van der Waals surface area contributed by atoms with Gasteiger partial charge in [-0.2, -0.15) is 0 Å². The van der Waals surface area contributed by atoms with Crippen molar-refractivity contribution in [3.63, 3.8) is 0 Å². The average molecular weight is 170 g/mol. The molecule has 1 aliphatic carbocycles. The van der Waals surface area contributed by atoms with Crippen LogP contribution in [0.5, 0.6) is 0 Å². The van der Waals surface area contributed by atoms with E-state index >= 15 is 0 Å². The van der Waals surface area contributed by atoms with E-state index in [1.807, 2.05) is 6.92 Å². The maximum atomic E-state index is 9.77. The predicted octanol–water partition coefficient (Wildman–Crippen LogP) is 0.0732. The van der Waals surface area contributed by atoms with Gasteiger partial charge in [-0.1, -0.05) is 12.2 Å². The fourth-order valence-corrected chi connectivity index (χ4v) is 2.49. The van der Waals surface area contributed by atoms with Crippen LogP contribution in [-0.4, -0.2) is 34.6 Å². The summed E-state index contributed by atoms with van der Waals surface area (Å²) in [5.41, 5.74) is 0.275. The minimum absolute atomic E-state index is 0.00611. The molecular formula is C9H14O3. The Labute approximate surface area is 71.7 Å². The van der Waals surface area contributed by atoms with Crippen molar-refractivity contribution >= 4 is 0 Å². The SMILES string of the molecule is C=C1C[C@]2(CO)O[C@@H](C)[C@@H]1C2O. The van der Waals surface area contributed by atoms with Gasteiger partial charge < -0.3 is 14.9 Å². The monoisotopic (exact) mass is 170 g/mol. The lowest BCUT2D eigenvalue weighted by molar-refractivity contribution is -0.106. The molecule has 1 aliphatic heterocycles. The number of hydrogen-bond donors (Lipinski definition) is 2. The second-order valence-electron chi connectivity index (χ2n) is 3.85. The smallest absolute Gasteiger partial charge is 0.122 e. The minimum Gasteiger partial charge on any atom is -0.393 e. The predicted molar refractivity (Wildman–Crippen MR) is 43.6 cm³/mol. The number of fused-ring (bicyclic) bond motifs is 2. The molecule has 1 unspecified atom stereocenters. The molecule has 1 saturated heterocycles. The Kier molecular flexibility index (Phi) is 1.59. The molecule has 4 atom stereocenters. The van der Waals surface area contributed by atoms with Crippen molar-refractivity contribution in [3.05, 3.63) is 12.2 Å². The molecule has 2 N–H and O–H groups in total. The highest BCUT2D eigenvalue weighted by Crippen LogP contribution is 2.50. The topological polar surface area (TPSA) is 49.7 Å². The van der Waals surface area contributed by atoms with Crippen molar-refractivity contribution < 1.29 is 14.9 Å². The van der Waals surface area contributed by atoms with Crippen molar-refractivity contribution in [3.8, 4) is 0 Å². The molecule has 12 heavy (non-hydrogen) atoms. The third kappa shape index (κ3) is 0.762. The van der Waals surface area contributed by atoms with E-state index in [1.165, 1.54) is 0 Å². The zero-order valence-electron chi connectivity index (χ0n) is 7.16. The van der Waals surface area contributed by atoms with Gasteiger partial charge in [0.25, 0.3) is 0 Å². The largest absolute Gasteiger partial charge is 0.393 e. The van der Waals surface area contributed by atoms with Gasteiger partial charge in [-0.15, -0.1) is 0 Å². The van der Waals surface area contributed by atoms with Gasteiger partial charge in [0.2, 0.25) is 0 Å². The first-order valence-corrected chi connectivity index (χ1v) is 4.25. The maximum absolute atomic E-state index is 9.77.